The number of nitrogens with zero attached hydrogens (tertiary/aromatic N) is 6. The molecule has 3 aromatic carbocycles. The van der Waals surface area contributed by atoms with Crippen molar-refractivity contribution >= 4 is 5.91 Å². The molecular formula is C26H26N6O. The highest BCUT2D eigenvalue weighted by Crippen LogP contribution is 2.30. The molecule has 1 aliphatic rings. The van der Waals surface area contributed by atoms with Gasteiger partial charge in [-0.1, -0.05) is 91.0 Å². The Hall–Kier alpha value is -3.84. The summed E-state index contributed by atoms with van der Waals surface area (Å²) in [7, 11) is 0. The van der Waals surface area contributed by atoms with Crippen LogP contribution in [0.2, 0.25) is 0 Å². The summed E-state index contributed by atoms with van der Waals surface area (Å²) < 4.78 is 1.54. The quantitative estimate of drug-likeness (QED) is 0.463. The standard InChI is InChI=1S/C26H26N6O/c33-26(25(32-20-27-28-29-32)23-14-8-3-9-15-23)31-18-16-30(17-19-31)24(21-10-4-1-5-11-21)22-12-6-2-7-13-22/h1-15,20,24-25H,16-19H2. The summed E-state index contributed by atoms with van der Waals surface area (Å²) in [5, 5.41) is 11.5. The minimum atomic E-state index is -0.563. The zero-order chi connectivity index (χ0) is 22.5. The minimum Gasteiger partial charge on any atom is -0.338 e. The van der Waals surface area contributed by atoms with Crippen LogP contribution in [0.1, 0.15) is 28.8 Å². The van der Waals surface area contributed by atoms with Crippen molar-refractivity contribution in [1.29, 1.82) is 0 Å². The highest BCUT2D eigenvalue weighted by molar-refractivity contribution is 5.83. The summed E-state index contributed by atoms with van der Waals surface area (Å²) in [5.74, 6) is 0.0177. The number of carbonyl (C=O) groups excluding carboxylic acids is 1. The maximum atomic E-state index is 13.6. The van der Waals surface area contributed by atoms with Gasteiger partial charge in [0.2, 0.25) is 0 Å². The lowest BCUT2D eigenvalue weighted by Crippen LogP contribution is -2.51. The van der Waals surface area contributed by atoms with Gasteiger partial charge < -0.3 is 4.90 Å². The number of tetrazole rings is 1. The van der Waals surface area contributed by atoms with Gasteiger partial charge in [-0.25, -0.2) is 4.68 Å². The summed E-state index contributed by atoms with van der Waals surface area (Å²) in [6.45, 7) is 2.88. The van der Waals surface area contributed by atoms with Gasteiger partial charge >= 0.3 is 0 Å². The van der Waals surface area contributed by atoms with Crippen LogP contribution in [0.4, 0.5) is 0 Å². The molecule has 0 aliphatic carbocycles. The van der Waals surface area contributed by atoms with Gasteiger partial charge in [-0.2, -0.15) is 0 Å². The van der Waals surface area contributed by atoms with Gasteiger partial charge in [0.1, 0.15) is 6.33 Å². The molecule has 7 nitrogen and oxygen atoms in total. The second-order valence-corrected chi connectivity index (χ2v) is 8.19. The number of benzene rings is 3. The third kappa shape index (κ3) is 4.54. The van der Waals surface area contributed by atoms with E-state index in [1.807, 2.05) is 47.4 Å². The van der Waals surface area contributed by atoms with E-state index in [0.717, 1.165) is 18.7 Å². The molecule has 5 rings (SSSR count). The van der Waals surface area contributed by atoms with E-state index in [1.54, 1.807) is 4.68 Å². The van der Waals surface area contributed by atoms with Crippen LogP contribution in [0.3, 0.4) is 0 Å². The number of carbonyl (C=O) groups is 1. The van der Waals surface area contributed by atoms with Crippen LogP contribution in [0, 0.1) is 0 Å². The number of hydrogen-bond acceptors (Lipinski definition) is 5. The van der Waals surface area contributed by atoms with Gasteiger partial charge in [0.25, 0.3) is 5.91 Å². The first-order valence-corrected chi connectivity index (χ1v) is 11.2. The molecule has 1 atom stereocenters. The fourth-order valence-electron chi connectivity index (χ4n) is 4.59. The van der Waals surface area contributed by atoms with Crippen molar-refractivity contribution < 1.29 is 4.79 Å². The Balaban J connectivity index is 1.36. The van der Waals surface area contributed by atoms with Crippen LogP contribution < -0.4 is 0 Å². The molecule has 1 amide bonds. The van der Waals surface area contributed by atoms with Gasteiger partial charge in [0, 0.05) is 26.2 Å². The monoisotopic (exact) mass is 438 g/mol. The molecule has 166 valence electrons. The zero-order valence-corrected chi connectivity index (χ0v) is 18.3. The Bertz CT molecular complexity index is 1100. The first kappa shape index (κ1) is 21.0. The van der Waals surface area contributed by atoms with E-state index in [-0.39, 0.29) is 11.9 Å². The molecule has 33 heavy (non-hydrogen) atoms. The number of hydrogen-bond donors (Lipinski definition) is 0. The molecule has 1 saturated heterocycles. The van der Waals surface area contributed by atoms with E-state index in [0.29, 0.717) is 13.1 Å². The van der Waals surface area contributed by atoms with Crippen LogP contribution in [0.5, 0.6) is 0 Å². The molecule has 4 aromatic rings. The summed E-state index contributed by atoms with van der Waals surface area (Å²) in [6.07, 6.45) is 1.51. The molecule has 0 saturated carbocycles. The molecule has 7 heteroatoms. The van der Waals surface area contributed by atoms with Crippen LogP contribution in [-0.2, 0) is 4.79 Å². The lowest BCUT2D eigenvalue weighted by atomic mass is 9.96. The number of aromatic nitrogens is 4. The average Bonchev–Trinajstić information content (AvgIpc) is 3.41. The Morgan fingerprint density at radius 2 is 1.21 bits per heavy atom. The minimum absolute atomic E-state index is 0.0177. The first-order valence-electron chi connectivity index (χ1n) is 11.2. The molecule has 2 heterocycles. The fraction of sp³-hybridized carbons (Fsp3) is 0.231. The van der Waals surface area contributed by atoms with Crippen molar-refractivity contribution in [1.82, 2.24) is 30.0 Å². The molecule has 0 N–H and O–H groups in total. The Morgan fingerprint density at radius 3 is 1.70 bits per heavy atom. The Labute approximate surface area is 193 Å². The Morgan fingerprint density at radius 1 is 0.697 bits per heavy atom. The highest BCUT2D eigenvalue weighted by atomic mass is 16.2. The van der Waals surface area contributed by atoms with Crippen LogP contribution in [-0.4, -0.2) is 62.1 Å². The Kier molecular flexibility index (Phi) is 6.21. The van der Waals surface area contributed by atoms with E-state index in [4.69, 9.17) is 0 Å². The van der Waals surface area contributed by atoms with E-state index in [2.05, 4.69) is 69.0 Å². The summed E-state index contributed by atoms with van der Waals surface area (Å²) in [5.41, 5.74) is 3.40. The number of piperazine rings is 1. The predicted molar refractivity (Wildman–Crippen MR) is 125 cm³/mol. The maximum Gasteiger partial charge on any atom is 0.252 e. The molecule has 1 aliphatic heterocycles. The third-order valence-electron chi connectivity index (χ3n) is 6.20. The number of rotatable bonds is 6. The molecule has 0 bridgehead atoms. The second-order valence-electron chi connectivity index (χ2n) is 8.19. The highest BCUT2D eigenvalue weighted by Gasteiger charge is 2.33. The first-order chi connectivity index (χ1) is 16.3. The van der Waals surface area contributed by atoms with Crippen molar-refractivity contribution in [2.75, 3.05) is 26.2 Å². The third-order valence-corrected chi connectivity index (χ3v) is 6.20. The van der Waals surface area contributed by atoms with Crippen molar-refractivity contribution in [3.05, 3.63) is 114 Å². The van der Waals surface area contributed by atoms with Crippen molar-refractivity contribution in [2.45, 2.75) is 12.1 Å². The smallest absolute Gasteiger partial charge is 0.252 e. The van der Waals surface area contributed by atoms with Crippen LogP contribution in [0.15, 0.2) is 97.3 Å². The van der Waals surface area contributed by atoms with Gasteiger partial charge in [-0.05, 0) is 27.1 Å². The largest absolute Gasteiger partial charge is 0.338 e. The topological polar surface area (TPSA) is 67.2 Å². The lowest BCUT2D eigenvalue weighted by Gasteiger charge is -2.40. The average molecular weight is 439 g/mol. The van der Waals surface area contributed by atoms with Crippen LogP contribution >= 0.6 is 0 Å². The summed E-state index contributed by atoms with van der Waals surface area (Å²) in [6, 6.07) is 30.4. The van der Waals surface area contributed by atoms with Gasteiger partial charge in [-0.3, -0.25) is 9.69 Å². The summed E-state index contributed by atoms with van der Waals surface area (Å²) >= 11 is 0. The van der Waals surface area contributed by atoms with Gasteiger partial charge in [-0.15, -0.1) is 5.10 Å². The fourth-order valence-corrected chi connectivity index (χ4v) is 4.59. The van der Waals surface area contributed by atoms with Crippen molar-refractivity contribution in [3.63, 3.8) is 0 Å². The number of amides is 1. The van der Waals surface area contributed by atoms with Gasteiger partial charge in [0.05, 0.1) is 6.04 Å². The molecule has 0 spiro atoms. The zero-order valence-electron chi connectivity index (χ0n) is 18.3. The molecule has 1 aromatic heterocycles. The second kappa shape index (κ2) is 9.75. The van der Waals surface area contributed by atoms with Crippen LogP contribution in [0.25, 0.3) is 0 Å². The van der Waals surface area contributed by atoms with E-state index < -0.39 is 6.04 Å². The predicted octanol–water partition coefficient (Wildman–Crippen LogP) is 3.20. The van der Waals surface area contributed by atoms with E-state index in [9.17, 15) is 4.79 Å². The lowest BCUT2D eigenvalue weighted by molar-refractivity contribution is -0.135. The molecule has 0 radical (unpaired) electrons. The van der Waals surface area contributed by atoms with E-state index >= 15 is 0 Å². The SMILES string of the molecule is O=C(C(c1ccccc1)n1cnnn1)N1CCN(C(c2ccccc2)c2ccccc2)CC1. The van der Waals surface area contributed by atoms with E-state index in [1.165, 1.54) is 17.5 Å². The normalized spacial score (nSPS) is 15.5. The van der Waals surface area contributed by atoms with Crippen molar-refractivity contribution in [3.8, 4) is 0 Å². The van der Waals surface area contributed by atoms with Crippen molar-refractivity contribution in [2.24, 2.45) is 0 Å². The molecule has 1 fully saturated rings. The molecule has 1 unspecified atom stereocenters. The summed E-state index contributed by atoms with van der Waals surface area (Å²) in [4.78, 5) is 18.0. The van der Waals surface area contributed by atoms with Gasteiger partial charge in [0.15, 0.2) is 6.04 Å². The maximum absolute atomic E-state index is 13.6. The molecular weight excluding hydrogens is 412 g/mol.